The number of hydrogen-bond acceptors (Lipinski definition) is 4. The molecule has 1 atom stereocenters. The highest BCUT2D eigenvalue weighted by Gasteiger charge is 2.25. The predicted molar refractivity (Wildman–Crippen MR) is 66.2 cm³/mol. The highest BCUT2D eigenvalue weighted by atomic mass is 16.5. The Labute approximate surface area is 106 Å². The van der Waals surface area contributed by atoms with Crippen molar-refractivity contribution in [2.75, 3.05) is 19.8 Å². The minimum Gasteiger partial charge on any atom is -0.481 e. The molecule has 0 radical (unpaired) electrons. The monoisotopic (exact) mass is 250 g/mol. The predicted octanol–water partition coefficient (Wildman–Crippen LogP) is 1.07. The van der Waals surface area contributed by atoms with E-state index in [-0.39, 0.29) is 12.5 Å². The zero-order valence-corrected chi connectivity index (χ0v) is 10.5. The van der Waals surface area contributed by atoms with Gasteiger partial charge in [0.05, 0.1) is 25.3 Å². The van der Waals surface area contributed by atoms with Gasteiger partial charge in [0.2, 0.25) is 0 Å². The number of nitrogens with zero attached hydrogens (tertiary/aromatic N) is 2. The second kappa shape index (κ2) is 5.93. The SMILES string of the molecule is Cc1ccc(CN2CCOCC2CC(=O)O)nc1. The van der Waals surface area contributed by atoms with Crippen molar-refractivity contribution in [1.82, 2.24) is 9.88 Å². The Bertz CT molecular complexity index is 405. The molecule has 0 aliphatic carbocycles. The minimum atomic E-state index is -0.785. The van der Waals surface area contributed by atoms with Crippen LogP contribution < -0.4 is 0 Å². The first-order valence-electron chi connectivity index (χ1n) is 6.10. The quantitative estimate of drug-likeness (QED) is 0.866. The standard InChI is InChI=1S/C13H18N2O3/c1-10-2-3-11(14-7-10)8-15-4-5-18-9-12(15)6-13(16)17/h2-3,7,12H,4-6,8-9H2,1H3,(H,16,17). The Balaban J connectivity index is 2.00. The van der Waals surface area contributed by atoms with Crippen LogP contribution in [-0.2, 0) is 16.1 Å². The summed E-state index contributed by atoms with van der Waals surface area (Å²) < 4.78 is 5.34. The molecule has 18 heavy (non-hydrogen) atoms. The van der Waals surface area contributed by atoms with Gasteiger partial charge in [0.1, 0.15) is 0 Å². The Morgan fingerprint density at radius 3 is 3.11 bits per heavy atom. The normalized spacial score (nSPS) is 20.8. The number of aliphatic carboxylic acids is 1. The van der Waals surface area contributed by atoms with Crippen LogP contribution >= 0.6 is 0 Å². The summed E-state index contributed by atoms with van der Waals surface area (Å²) in [5.41, 5.74) is 2.10. The van der Waals surface area contributed by atoms with E-state index >= 15 is 0 Å². The Morgan fingerprint density at radius 2 is 2.44 bits per heavy atom. The van der Waals surface area contributed by atoms with Crippen LogP contribution in [0.5, 0.6) is 0 Å². The van der Waals surface area contributed by atoms with Gasteiger partial charge in [-0.1, -0.05) is 6.07 Å². The lowest BCUT2D eigenvalue weighted by Gasteiger charge is -2.34. The number of carboxylic acids is 1. The summed E-state index contributed by atoms with van der Waals surface area (Å²) >= 11 is 0. The fourth-order valence-corrected chi connectivity index (χ4v) is 2.09. The third kappa shape index (κ3) is 3.51. The Morgan fingerprint density at radius 1 is 1.61 bits per heavy atom. The second-order valence-corrected chi connectivity index (χ2v) is 4.62. The Kier molecular flexibility index (Phi) is 4.28. The van der Waals surface area contributed by atoms with Crippen LogP contribution in [0.25, 0.3) is 0 Å². The molecule has 1 unspecified atom stereocenters. The van der Waals surface area contributed by atoms with Crippen LogP contribution in [0.15, 0.2) is 18.3 Å². The molecule has 1 aliphatic heterocycles. The van der Waals surface area contributed by atoms with Crippen molar-refractivity contribution in [2.45, 2.75) is 25.9 Å². The first-order valence-corrected chi connectivity index (χ1v) is 6.10. The molecule has 1 aromatic heterocycles. The van der Waals surface area contributed by atoms with Gasteiger partial charge >= 0.3 is 5.97 Å². The number of aryl methyl sites for hydroxylation is 1. The molecule has 0 saturated carbocycles. The highest BCUT2D eigenvalue weighted by Crippen LogP contribution is 2.14. The van der Waals surface area contributed by atoms with Gasteiger partial charge in [-0.2, -0.15) is 0 Å². The maximum Gasteiger partial charge on any atom is 0.305 e. The Hall–Kier alpha value is -1.46. The van der Waals surface area contributed by atoms with Crippen molar-refractivity contribution in [1.29, 1.82) is 0 Å². The highest BCUT2D eigenvalue weighted by molar-refractivity contribution is 5.67. The molecule has 2 heterocycles. The number of hydrogen-bond donors (Lipinski definition) is 1. The van der Waals surface area contributed by atoms with Gasteiger partial charge in [0, 0.05) is 25.3 Å². The summed E-state index contributed by atoms with van der Waals surface area (Å²) in [6.07, 6.45) is 1.95. The zero-order chi connectivity index (χ0) is 13.0. The van der Waals surface area contributed by atoms with Crippen molar-refractivity contribution in [3.8, 4) is 0 Å². The number of carboxylic acid groups (broad SMARTS) is 1. The van der Waals surface area contributed by atoms with Crippen molar-refractivity contribution >= 4 is 5.97 Å². The van der Waals surface area contributed by atoms with E-state index in [9.17, 15) is 4.79 Å². The maximum atomic E-state index is 10.8. The van der Waals surface area contributed by atoms with Crippen LogP contribution in [-0.4, -0.2) is 46.8 Å². The van der Waals surface area contributed by atoms with E-state index in [4.69, 9.17) is 9.84 Å². The molecule has 2 rings (SSSR count). The number of aromatic nitrogens is 1. The van der Waals surface area contributed by atoms with E-state index in [2.05, 4.69) is 9.88 Å². The van der Waals surface area contributed by atoms with Gasteiger partial charge in [-0.05, 0) is 18.6 Å². The van der Waals surface area contributed by atoms with E-state index in [1.807, 2.05) is 25.3 Å². The minimum absolute atomic E-state index is 0.0562. The fraction of sp³-hybridized carbons (Fsp3) is 0.538. The molecule has 1 N–H and O–H groups in total. The molecular weight excluding hydrogens is 232 g/mol. The third-order valence-electron chi connectivity index (χ3n) is 3.10. The van der Waals surface area contributed by atoms with Crippen LogP contribution in [0.3, 0.4) is 0 Å². The number of morpholine rings is 1. The molecule has 0 aromatic carbocycles. The average molecular weight is 250 g/mol. The molecular formula is C13H18N2O3. The molecule has 1 aliphatic rings. The zero-order valence-electron chi connectivity index (χ0n) is 10.5. The van der Waals surface area contributed by atoms with Gasteiger partial charge in [-0.15, -0.1) is 0 Å². The number of rotatable bonds is 4. The van der Waals surface area contributed by atoms with E-state index in [1.165, 1.54) is 0 Å². The number of pyridine rings is 1. The second-order valence-electron chi connectivity index (χ2n) is 4.62. The lowest BCUT2D eigenvalue weighted by Crippen LogP contribution is -2.46. The van der Waals surface area contributed by atoms with Gasteiger partial charge in [0.15, 0.2) is 0 Å². The third-order valence-corrected chi connectivity index (χ3v) is 3.10. The van der Waals surface area contributed by atoms with Crippen LogP contribution in [0.1, 0.15) is 17.7 Å². The van der Waals surface area contributed by atoms with E-state index in [1.54, 1.807) is 0 Å². The number of carbonyl (C=O) groups is 1. The van der Waals surface area contributed by atoms with Crippen molar-refractivity contribution in [3.63, 3.8) is 0 Å². The fourth-order valence-electron chi connectivity index (χ4n) is 2.09. The summed E-state index contributed by atoms with van der Waals surface area (Å²) in [7, 11) is 0. The van der Waals surface area contributed by atoms with Gasteiger partial charge < -0.3 is 9.84 Å². The summed E-state index contributed by atoms with van der Waals surface area (Å²) in [6.45, 7) is 4.58. The van der Waals surface area contributed by atoms with E-state index in [0.717, 1.165) is 17.8 Å². The molecule has 0 spiro atoms. The van der Waals surface area contributed by atoms with Crippen molar-refractivity contribution < 1.29 is 14.6 Å². The lowest BCUT2D eigenvalue weighted by molar-refractivity contribution is -0.140. The van der Waals surface area contributed by atoms with Crippen molar-refractivity contribution in [3.05, 3.63) is 29.6 Å². The summed E-state index contributed by atoms with van der Waals surface area (Å²) in [4.78, 5) is 17.3. The topological polar surface area (TPSA) is 62.7 Å². The smallest absolute Gasteiger partial charge is 0.305 e. The van der Waals surface area contributed by atoms with Crippen molar-refractivity contribution in [2.24, 2.45) is 0 Å². The van der Waals surface area contributed by atoms with Gasteiger partial charge in [0.25, 0.3) is 0 Å². The summed E-state index contributed by atoms with van der Waals surface area (Å²) in [5, 5.41) is 8.89. The maximum absolute atomic E-state index is 10.8. The molecule has 1 fully saturated rings. The van der Waals surface area contributed by atoms with E-state index in [0.29, 0.717) is 19.8 Å². The molecule has 1 saturated heterocycles. The van der Waals surface area contributed by atoms with Gasteiger partial charge in [-0.3, -0.25) is 14.7 Å². The first-order chi connectivity index (χ1) is 8.65. The first kappa shape index (κ1) is 13.0. The summed E-state index contributed by atoms with van der Waals surface area (Å²) in [5.74, 6) is -0.785. The molecule has 5 nitrogen and oxygen atoms in total. The van der Waals surface area contributed by atoms with Crippen LogP contribution in [0, 0.1) is 6.92 Å². The van der Waals surface area contributed by atoms with E-state index < -0.39 is 5.97 Å². The lowest BCUT2D eigenvalue weighted by atomic mass is 10.1. The summed E-state index contributed by atoms with van der Waals surface area (Å²) in [6, 6.07) is 3.96. The molecule has 1 aromatic rings. The van der Waals surface area contributed by atoms with Crippen LogP contribution in [0.4, 0.5) is 0 Å². The largest absolute Gasteiger partial charge is 0.481 e. The average Bonchev–Trinajstić information content (AvgIpc) is 2.34. The molecule has 5 heteroatoms. The van der Waals surface area contributed by atoms with Crippen LogP contribution in [0.2, 0.25) is 0 Å². The molecule has 0 amide bonds. The van der Waals surface area contributed by atoms with Gasteiger partial charge in [-0.25, -0.2) is 0 Å². The molecule has 0 bridgehead atoms. The number of ether oxygens (including phenoxy) is 1. The molecule has 98 valence electrons.